The quantitative estimate of drug-likeness (QED) is 0.520. The number of H-pyrrole nitrogens is 1. The van der Waals surface area contributed by atoms with Crippen molar-refractivity contribution in [2.45, 2.75) is 0 Å². The van der Waals surface area contributed by atoms with Crippen LogP contribution in [0.1, 0.15) is 0 Å². The van der Waals surface area contributed by atoms with Gasteiger partial charge in [0.15, 0.2) is 5.75 Å². The fraction of sp³-hybridized carbons (Fsp3) is 0. The molecule has 7 heteroatoms. The van der Waals surface area contributed by atoms with Crippen LogP contribution < -0.4 is 5.73 Å². The number of aromatic amines is 1. The van der Waals surface area contributed by atoms with Crippen LogP contribution in [0.25, 0.3) is 11.3 Å². The van der Waals surface area contributed by atoms with Crippen molar-refractivity contribution in [2.75, 3.05) is 5.73 Å². The first kappa shape index (κ1) is 9.97. The lowest BCUT2D eigenvalue weighted by atomic mass is 10.1. The van der Waals surface area contributed by atoms with Gasteiger partial charge in [-0.3, -0.25) is 15.2 Å². The first-order chi connectivity index (χ1) is 7.58. The van der Waals surface area contributed by atoms with E-state index in [4.69, 9.17) is 5.73 Å². The van der Waals surface area contributed by atoms with Gasteiger partial charge in [0.2, 0.25) is 0 Å². The summed E-state index contributed by atoms with van der Waals surface area (Å²) in [7, 11) is 0. The molecule has 0 saturated heterocycles. The summed E-state index contributed by atoms with van der Waals surface area (Å²) in [6, 6.07) is 5.60. The number of aromatic hydroxyl groups is 1. The molecule has 2 aromatic rings. The lowest BCUT2D eigenvalue weighted by molar-refractivity contribution is -0.385. The molecule has 0 radical (unpaired) electrons. The van der Waals surface area contributed by atoms with Gasteiger partial charge in [-0.05, 0) is 12.1 Å². The molecule has 0 bridgehead atoms. The number of nitro groups is 1. The SMILES string of the molecule is Nc1cc(-c2ccc(O)c([N+](=O)[O-])c2)[nH]n1. The number of rotatable bonds is 2. The first-order valence-electron chi connectivity index (χ1n) is 4.36. The number of anilines is 1. The Bertz CT molecular complexity index is 549. The number of nitrogen functional groups attached to an aromatic ring is 1. The van der Waals surface area contributed by atoms with Crippen molar-refractivity contribution in [2.24, 2.45) is 0 Å². The second-order valence-electron chi connectivity index (χ2n) is 3.17. The number of nitro benzene ring substituents is 1. The molecule has 0 atom stereocenters. The van der Waals surface area contributed by atoms with E-state index in [1.807, 2.05) is 0 Å². The molecule has 0 spiro atoms. The monoisotopic (exact) mass is 220 g/mol. The average Bonchev–Trinajstić information content (AvgIpc) is 2.65. The minimum Gasteiger partial charge on any atom is -0.502 e. The molecular formula is C9H8N4O3. The van der Waals surface area contributed by atoms with E-state index in [0.717, 1.165) is 0 Å². The Morgan fingerprint density at radius 2 is 2.19 bits per heavy atom. The molecular weight excluding hydrogens is 212 g/mol. The molecule has 16 heavy (non-hydrogen) atoms. The van der Waals surface area contributed by atoms with Gasteiger partial charge in [-0.25, -0.2) is 0 Å². The van der Waals surface area contributed by atoms with Gasteiger partial charge >= 0.3 is 5.69 Å². The van der Waals surface area contributed by atoms with Crippen molar-refractivity contribution in [3.05, 3.63) is 34.4 Å². The number of aromatic nitrogens is 2. The van der Waals surface area contributed by atoms with Crippen molar-refractivity contribution in [1.29, 1.82) is 0 Å². The van der Waals surface area contributed by atoms with Crippen LogP contribution in [-0.2, 0) is 0 Å². The third-order valence-corrected chi connectivity index (χ3v) is 2.08. The van der Waals surface area contributed by atoms with Crippen molar-refractivity contribution in [3.8, 4) is 17.0 Å². The van der Waals surface area contributed by atoms with Gasteiger partial charge in [-0.2, -0.15) is 5.10 Å². The van der Waals surface area contributed by atoms with Crippen LogP contribution in [0.15, 0.2) is 24.3 Å². The third kappa shape index (κ3) is 1.65. The van der Waals surface area contributed by atoms with Gasteiger partial charge in [0.25, 0.3) is 0 Å². The smallest absolute Gasteiger partial charge is 0.311 e. The van der Waals surface area contributed by atoms with Gasteiger partial charge in [0.1, 0.15) is 5.82 Å². The summed E-state index contributed by atoms with van der Waals surface area (Å²) in [5.74, 6) is -0.0769. The molecule has 1 aromatic heterocycles. The maximum absolute atomic E-state index is 10.6. The summed E-state index contributed by atoms with van der Waals surface area (Å²) in [4.78, 5) is 9.95. The molecule has 0 aliphatic carbocycles. The van der Waals surface area contributed by atoms with E-state index < -0.39 is 4.92 Å². The van der Waals surface area contributed by atoms with Crippen LogP contribution >= 0.6 is 0 Å². The van der Waals surface area contributed by atoms with Gasteiger partial charge in [-0.15, -0.1) is 0 Å². The zero-order valence-corrected chi connectivity index (χ0v) is 8.04. The number of benzene rings is 1. The van der Waals surface area contributed by atoms with Gasteiger partial charge in [0.05, 0.1) is 10.6 Å². The van der Waals surface area contributed by atoms with E-state index in [1.165, 1.54) is 18.2 Å². The minimum atomic E-state index is -0.654. The molecule has 2 rings (SSSR count). The van der Waals surface area contributed by atoms with Crippen molar-refractivity contribution >= 4 is 11.5 Å². The van der Waals surface area contributed by atoms with Crippen LogP contribution in [-0.4, -0.2) is 20.2 Å². The van der Waals surface area contributed by atoms with Crippen LogP contribution in [0, 0.1) is 10.1 Å². The van der Waals surface area contributed by atoms with Gasteiger partial charge in [-0.1, -0.05) is 0 Å². The lowest BCUT2D eigenvalue weighted by Gasteiger charge is -1.99. The topological polar surface area (TPSA) is 118 Å². The number of phenolic OH excluding ortho intramolecular Hbond substituents is 1. The predicted octanol–water partition coefficient (Wildman–Crippen LogP) is 1.27. The van der Waals surface area contributed by atoms with Crippen LogP contribution in [0.5, 0.6) is 5.75 Å². The number of hydrogen-bond acceptors (Lipinski definition) is 5. The van der Waals surface area contributed by atoms with E-state index in [1.54, 1.807) is 6.07 Å². The summed E-state index contributed by atoms with van der Waals surface area (Å²) < 4.78 is 0. The first-order valence-corrected chi connectivity index (χ1v) is 4.36. The average molecular weight is 220 g/mol. The Hall–Kier alpha value is -2.57. The second kappa shape index (κ2) is 3.54. The number of phenols is 1. The summed E-state index contributed by atoms with van der Waals surface area (Å²) >= 11 is 0. The predicted molar refractivity (Wildman–Crippen MR) is 56.8 cm³/mol. The standard InChI is InChI=1S/C9H8N4O3/c10-9-4-6(11-12-9)5-1-2-8(14)7(3-5)13(15)16/h1-4,14H,(H3,10,11,12). The molecule has 0 unspecified atom stereocenters. The zero-order chi connectivity index (χ0) is 11.7. The maximum atomic E-state index is 10.6. The Kier molecular flexibility index (Phi) is 2.20. The third-order valence-electron chi connectivity index (χ3n) is 2.08. The Balaban J connectivity index is 2.51. The van der Waals surface area contributed by atoms with Crippen LogP contribution in [0.4, 0.5) is 11.5 Å². The van der Waals surface area contributed by atoms with Crippen LogP contribution in [0.2, 0.25) is 0 Å². The molecule has 0 aliphatic rings. The Labute approximate surface area is 89.7 Å². The number of nitrogens with one attached hydrogen (secondary N) is 1. The normalized spacial score (nSPS) is 10.2. The summed E-state index contributed by atoms with van der Waals surface area (Å²) in [5.41, 5.74) is 6.15. The number of hydrogen-bond donors (Lipinski definition) is 3. The molecule has 82 valence electrons. The largest absolute Gasteiger partial charge is 0.502 e. The van der Waals surface area contributed by atoms with E-state index in [-0.39, 0.29) is 11.4 Å². The highest BCUT2D eigenvalue weighted by Crippen LogP contribution is 2.30. The minimum absolute atomic E-state index is 0.297. The fourth-order valence-electron chi connectivity index (χ4n) is 1.32. The van der Waals surface area contributed by atoms with Crippen molar-refractivity contribution in [1.82, 2.24) is 10.2 Å². The van der Waals surface area contributed by atoms with E-state index in [9.17, 15) is 15.2 Å². The fourth-order valence-corrected chi connectivity index (χ4v) is 1.32. The van der Waals surface area contributed by atoms with Gasteiger partial charge < -0.3 is 10.8 Å². The number of nitrogens with two attached hydrogens (primary N) is 1. The molecule has 4 N–H and O–H groups in total. The van der Waals surface area contributed by atoms with E-state index in [2.05, 4.69) is 10.2 Å². The molecule has 7 nitrogen and oxygen atoms in total. The highest BCUT2D eigenvalue weighted by molar-refractivity contribution is 5.67. The highest BCUT2D eigenvalue weighted by Gasteiger charge is 2.14. The molecule has 1 heterocycles. The van der Waals surface area contributed by atoms with Gasteiger partial charge in [0, 0.05) is 17.7 Å². The van der Waals surface area contributed by atoms with Crippen LogP contribution in [0.3, 0.4) is 0 Å². The second-order valence-corrected chi connectivity index (χ2v) is 3.17. The Morgan fingerprint density at radius 1 is 1.44 bits per heavy atom. The summed E-state index contributed by atoms with van der Waals surface area (Å²) in [6.45, 7) is 0. The lowest BCUT2D eigenvalue weighted by Crippen LogP contribution is -1.89. The molecule has 0 fully saturated rings. The van der Waals surface area contributed by atoms with E-state index in [0.29, 0.717) is 17.1 Å². The highest BCUT2D eigenvalue weighted by atomic mass is 16.6. The summed E-state index contributed by atoms with van der Waals surface area (Å²) in [5, 5.41) is 26.2. The van der Waals surface area contributed by atoms with Crippen molar-refractivity contribution < 1.29 is 10.0 Å². The Morgan fingerprint density at radius 3 is 2.75 bits per heavy atom. The zero-order valence-electron chi connectivity index (χ0n) is 8.04. The van der Waals surface area contributed by atoms with E-state index >= 15 is 0 Å². The molecule has 0 amide bonds. The van der Waals surface area contributed by atoms with Crippen molar-refractivity contribution in [3.63, 3.8) is 0 Å². The molecule has 1 aromatic carbocycles. The maximum Gasteiger partial charge on any atom is 0.311 e. The number of nitrogens with zero attached hydrogens (tertiary/aromatic N) is 2. The summed E-state index contributed by atoms with van der Waals surface area (Å²) in [6.07, 6.45) is 0. The molecule has 0 saturated carbocycles. The molecule has 0 aliphatic heterocycles.